The third-order valence-corrected chi connectivity index (χ3v) is 3.70. The van der Waals surface area contributed by atoms with Crippen molar-refractivity contribution in [2.45, 2.75) is 71.3 Å². The van der Waals surface area contributed by atoms with E-state index in [4.69, 9.17) is 0 Å². The monoisotopic (exact) mass is 229 g/mol. The van der Waals surface area contributed by atoms with E-state index in [1.165, 1.54) is 44.7 Å². The van der Waals surface area contributed by atoms with Crippen LogP contribution in [0.3, 0.4) is 0 Å². The molecule has 0 atom stereocenters. The lowest BCUT2D eigenvalue weighted by molar-refractivity contribution is 0.801. The highest BCUT2D eigenvalue weighted by Gasteiger charge is 2.19. The average Bonchev–Trinajstić information content (AvgIpc) is 2.34. The summed E-state index contributed by atoms with van der Waals surface area (Å²) in [6.07, 6.45) is 11.4. The van der Waals surface area contributed by atoms with Crippen LogP contribution in [0.2, 0.25) is 18.5 Å². The van der Waals surface area contributed by atoms with Gasteiger partial charge in [-0.1, -0.05) is 63.7 Å². The summed E-state index contributed by atoms with van der Waals surface area (Å²) >= 11 is 0. The van der Waals surface area contributed by atoms with Crippen molar-refractivity contribution in [3.05, 3.63) is 23.6 Å². The van der Waals surface area contributed by atoms with E-state index in [1.807, 2.05) is 0 Å². The van der Waals surface area contributed by atoms with Gasteiger partial charge in [-0.25, -0.2) is 0 Å². The van der Waals surface area contributed by atoms with Crippen LogP contribution in [0, 0.1) is 0 Å². The molecule has 0 aromatic carbocycles. The minimum Gasteiger partial charge on any atom is -0.127 e. The van der Waals surface area contributed by atoms with Gasteiger partial charge in [-0.15, -0.1) is 12.0 Å². The van der Waals surface area contributed by atoms with E-state index in [-0.39, 0.29) is 0 Å². The molecule has 0 aromatic rings. The number of rotatable bonds is 7. The molecule has 0 nitrogen and oxygen atoms in total. The molecule has 0 spiro atoms. The summed E-state index contributed by atoms with van der Waals surface area (Å²) < 4.78 is 0. The van der Waals surface area contributed by atoms with Crippen LogP contribution in [0.15, 0.2) is 23.6 Å². The lowest BCUT2D eigenvalue weighted by Gasteiger charge is -2.21. The molecular formula is C15H27B2. The summed E-state index contributed by atoms with van der Waals surface area (Å²) in [7, 11) is 2.28. The van der Waals surface area contributed by atoms with Crippen LogP contribution >= 0.6 is 0 Å². The highest BCUT2D eigenvalue weighted by Crippen LogP contribution is 2.27. The first-order chi connectivity index (χ1) is 8.24. The van der Waals surface area contributed by atoms with Crippen LogP contribution in [-0.4, -0.2) is 14.0 Å². The quantitative estimate of drug-likeness (QED) is 0.426. The molecule has 0 saturated carbocycles. The standard InChI is InChI=1S/C15H27B2/c1-4-10-16-11-6-5-8-15-9-7-12-17(13-15)14(2)3/h6,11,13-14H,4-5,7-10,12H2,1-3H3/b11-6-. The SMILES string of the molecule is CCC[B]/C=C\CCC1=CB(C(C)C)CCC1. The van der Waals surface area contributed by atoms with Gasteiger partial charge in [0.05, 0.1) is 0 Å². The molecule has 93 valence electrons. The van der Waals surface area contributed by atoms with E-state index in [9.17, 15) is 0 Å². The summed E-state index contributed by atoms with van der Waals surface area (Å²) in [6.45, 7) is 7.77. The highest BCUT2D eigenvalue weighted by atomic mass is 14.1. The number of allylic oxidation sites excluding steroid dienone is 2. The predicted molar refractivity (Wildman–Crippen MR) is 82.2 cm³/mol. The van der Waals surface area contributed by atoms with Gasteiger partial charge in [0.15, 0.2) is 6.71 Å². The Morgan fingerprint density at radius 3 is 3.00 bits per heavy atom. The maximum Gasteiger partial charge on any atom is 0.169 e. The molecule has 0 bridgehead atoms. The van der Waals surface area contributed by atoms with Crippen molar-refractivity contribution in [3.8, 4) is 0 Å². The zero-order chi connectivity index (χ0) is 12.5. The topological polar surface area (TPSA) is 0 Å². The Hall–Kier alpha value is -0.390. The van der Waals surface area contributed by atoms with E-state index in [2.05, 4.69) is 46.1 Å². The third-order valence-electron chi connectivity index (χ3n) is 3.70. The zero-order valence-corrected chi connectivity index (χ0v) is 11.9. The Labute approximate surface area is 109 Å². The molecule has 0 aromatic heterocycles. The molecule has 0 fully saturated rings. The largest absolute Gasteiger partial charge is 0.169 e. The number of hydrogen-bond acceptors (Lipinski definition) is 0. The highest BCUT2D eigenvalue weighted by molar-refractivity contribution is 6.66. The molecule has 0 N–H and O–H groups in total. The lowest BCUT2D eigenvalue weighted by atomic mass is 9.37. The third kappa shape index (κ3) is 6.19. The van der Waals surface area contributed by atoms with E-state index in [0.717, 1.165) is 12.5 Å². The second kappa shape index (κ2) is 8.66. The zero-order valence-electron chi connectivity index (χ0n) is 11.9. The minimum absolute atomic E-state index is 0.818. The molecule has 1 rings (SSSR count). The maximum atomic E-state index is 2.57. The predicted octanol–water partition coefficient (Wildman–Crippen LogP) is 4.98. The lowest BCUT2D eigenvalue weighted by Crippen LogP contribution is -2.18. The molecule has 1 aliphatic heterocycles. The van der Waals surface area contributed by atoms with Gasteiger partial charge >= 0.3 is 0 Å². The summed E-state index contributed by atoms with van der Waals surface area (Å²) in [6, 6.07) is 0. The number of hydrogen-bond donors (Lipinski definition) is 0. The summed E-state index contributed by atoms with van der Waals surface area (Å²) in [5, 5.41) is 0. The summed E-state index contributed by atoms with van der Waals surface area (Å²) in [5.74, 6) is 5.63. The average molecular weight is 229 g/mol. The fourth-order valence-electron chi connectivity index (χ4n) is 2.49. The molecule has 1 radical (unpaired) electrons. The van der Waals surface area contributed by atoms with Gasteiger partial charge < -0.3 is 0 Å². The van der Waals surface area contributed by atoms with Crippen LogP contribution in [0.1, 0.15) is 52.9 Å². The Morgan fingerprint density at radius 2 is 2.29 bits per heavy atom. The summed E-state index contributed by atoms with van der Waals surface area (Å²) in [5.41, 5.74) is 1.70. The molecular weight excluding hydrogens is 202 g/mol. The van der Waals surface area contributed by atoms with Crippen LogP contribution in [0.5, 0.6) is 0 Å². The molecule has 0 amide bonds. The molecule has 1 heterocycles. The maximum absolute atomic E-state index is 2.57. The van der Waals surface area contributed by atoms with Crippen LogP contribution in [-0.2, 0) is 0 Å². The Balaban J connectivity index is 2.24. The van der Waals surface area contributed by atoms with Crippen molar-refractivity contribution >= 4 is 14.0 Å². The van der Waals surface area contributed by atoms with Gasteiger partial charge in [-0.3, -0.25) is 0 Å². The van der Waals surface area contributed by atoms with E-state index in [0.29, 0.717) is 0 Å². The van der Waals surface area contributed by atoms with Gasteiger partial charge in [0.1, 0.15) is 7.28 Å². The smallest absolute Gasteiger partial charge is 0.127 e. The van der Waals surface area contributed by atoms with E-state index >= 15 is 0 Å². The van der Waals surface area contributed by atoms with Crippen molar-refractivity contribution in [1.29, 1.82) is 0 Å². The second-order valence-corrected chi connectivity index (χ2v) is 5.62. The Kier molecular flexibility index (Phi) is 7.48. The van der Waals surface area contributed by atoms with Gasteiger partial charge in [0, 0.05) is 0 Å². The van der Waals surface area contributed by atoms with Crippen LogP contribution < -0.4 is 0 Å². The van der Waals surface area contributed by atoms with Gasteiger partial charge in [-0.05, 0) is 19.3 Å². The first-order valence-electron chi connectivity index (χ1n) is 7.42. The van der Waals surface area contributed by atoms with Gasteiger partial charge in [0.25, 0.3) is 0 Å². The fourth-order valence-corrected chi connectivity index (χ4v) is 2.49. The first-order valence-corrected chi connectivity index (χ1v) is 7.42. The molecule has 1 aliphatic rings. The van der Waals surface area contributed by atoms with Gasteiger partial charge in [0.2, 0.25) is 0 Å². The first kappa shape index (κ1) is 14.7. The Bertz CT molecular complexity index is 254. The fraction of sp³-hybridized carbons (Fsp3) is 0.733. The molecule has 0 saturated heterocycles. The normalized spacial score (nSPS) is 16.7. The van der Waals surface area contributed by atoms with Crippen molar-refractivity contribution < 1.29 is 0 Å². The van der Waals surface area contributed by atoms with Crippen molar-refractivity contribution in [1.82, 2.24) is 0 Å². The molecule has 0 aliphatic carbocycles. The van der Waals surface area contributed by atoms with E-state index in [1.54, 1.807) is 5.57 Å². The molecule has 0 unspecified atom stereocenters. The molecule has 2 heteroatoms. The molecule has 17 heavy (non-hydrogen) atoms. The summed E-state index contributed by atoms with van der Waals surface area (Å²) in [4.78, 5) is 0. The van der Waals surface area contributed by atoms with Gasteiger partial charge in [-0.2, -0.15) is 0 Å². The van der Waals surface area contributed by atoms with Crippen LogP contribution in [0.25, 0.3) is 0 Å². The second-order valence-electron chi connectivity index (χ2n) is 5.62. The van der Waals surface area contributed by atoms with E-state index < -0.39 is 0 Å². The van der Waals surface area contributed by atoms with Crippen molar-refractivity contribution in [2.24, 2.45) is 0 Å². The van der Waals surface area contributed by atoms with Crippen molar-refractivity contribution in [3.63, 3.8) is 0 Å². The van der Waals surface area contributed by atoms with Crippen LogP contribution in [0.4, 0.5) is 0 Å². The van der Waals surface area contributed by atoms with Crippen molar-refractivity contribution in [2.75, 3.05) is 0 Å². The Morgan fingerprint density at radius 1 is 1.47 bits per heavy atom. The minimum atomic E-state index is 0.818.